The Labute approximate surface area is 168 Å². The van der Waals surface area contributed by atoms with Crippen LogP contribution in [0.25, 0.3) is 0 Å². The van der Waals surface area contributed by atoms with Crippen molar-refractivity contribution in [3.05, 3.63) is 36.2 Å². The highest BCUT2D eigenvalue weighted by molar-refractivity contribution is 6.60. The molecule has 0 aromatic rings. The van der Waals surface area contributed by atoms with Crippen LogP contribution in [0.4, 0.5) is 0 Å². The van der Waals surface area contributed by atoms with Crippen LogP contribution in [0.5, 0.6) is 0 Å². The summed E-state index contributed by atoms with van der Waals surface area (Å²) in [5.41, 5.74) is 0.798. The van der Waals surface area contributed by atoms with Gasteiger partial charge in [0.15, 0.2) is 0 Å². The van der Waals surface area contributed by atoms with Gasteiger partial charge in [-0.25, -0.2) is 0 Å². The molecule has 0 aromatic heterocycles. The maximum absolute atomic E-state index is 13.3. The topological polar surface area (TPSA) is 77.1 Å². The minimum atomic E-state index is -2.70. The van der Waals surface area contributed by atoms with Crippen molar-refractivity contribution < 1.29 is 22.9 Å². The quantitative estimate of drug-likeness (QED) is 0.591. The molecule has 1 saturated heterocycles. The zero-order valence-electron chi connectivity index (χ0n) is 17.1. The molecule has 8 heteroatoms. The first-order valence-electron chi connectivity index (χ1n) is 9.86. The average Bonchev–Trinajstić information content (AvgIpc) is 3.11. The number of hydrogen-bond acceptors (Lipinski definition) is 6. The van der Waals surface area contributed by atoms with Gasteiger partial charge in [0.25, 0.3) is 0 Å². The Morgan fingerprint density at radius 1 is 1.14 bits per heavy atom. The number of likely N-dealkylation sites (tertiary alicyclic amines) is 1. The maximum Gasteiger partial charge on any atom is 0.500 e. The van der Waals surface area contributed by atoms with Crippen LogP contribution < -0.4 is 5.32 Å². The van der Waals surface area contributed by atoms with Crippen LogP contribution in [0.1, 0.15) is 38.5 Å². The number of nitrogens with zero attached hydrogens (tertiary/aromatic N) is 1. The first-order valence-corrected chi connectivity index (χ1v) is 11.8. The second kappa shape index (κ2) is 11.3. The summed E-state index contributed by atoms with van der Waals surface area (Å²) >= 11 is 0. The second-order valence-electron chi connectivity index (χ2n) is 6.94. The number of carbonyl (C=O) groups is 2. The van der Waals surface area contributed by atoms with Crippen LogP contribution in [0.3, 0.4) is 0 Å². The van der Waals surface area contributed by atoms with Gasteiger partial charge < -0.3 is 18.6 Å². The molecular weight excluding hydrogens is 376 g/mol. The highest BCUT2D eigenvalue weighted by atomic mass is 28.4. The number of hydrogen-bond donors (Lipinski definition) is 1. The van der Waals surface area contributed by atoms with Gasteiger partial charge in [0, 0.05) is 52.2 Å². The van der Waals surface area contributed by atoms with E-state index in [0.717, 1.165) is 25.0 Å². The molecule has 0 aromatic carbocycles. The van der Waals surface area contributed by atoms with E-state index in [-0.39, 0.29) is 11.8 Å². The lowest BCUT2D eigenvalue weighted by atomic mass is 9.97. The van der Waals surface area contributed by atoms with Gasteiger partial charge in [0.1, 0.15) is 0 Å². The van der Waals surface area contributed by atoms with Crippen LogP contribution in [0.2, 0.25) is 6.04 Å². The van der Waals surface area contributed by atoms with Gasteiger partial charge in [-0.1, -0.05) is 18.6 Å². The average molecular weight is 409 g/mol. The largest absolute Gasteiger partial charge is 0.500 e. The van der Waals surface area contributed by atoms with Crippen molar-refractivity contribution in [3.8, 4) is 0 Å². The number of allylic oxidation sites excluding steroid dienone is 4. The molecule has 2 aliphatic heterocycles. The molecule has 1 unspecified atom stereocenters. The van der Waals surface area contributed by atoms with Crippen molar-refractivity contribution in [2.45, 2.75) is 44.6 Å². The summed E-state index contributed by atoms with van der Waals surface area (Å²) in [7, 11) is 2.06. The molecule has 28 heavy (non-hydrogen) atoms. The van der Waals surface area contributed by atoms with Crippen LogP contribution in [-0.2, 0) is 22.9 Å². The normalized spacial score (nSPS) is 18.9. The minimum Gasteiger partial charge on any atom is -0.377 e. The monoisotopic (exact) mass is 408 g/mol. The molecule has 2 aliphatic rings. The SMILES string of the molecule is CO[Si](CCCC(C(=O)N1CCCCCC1=O)C1=CC=CC=CN1)(OC)OC. The van der Waals surface area contributed by atoms with E-state index in [4.69, 9.17) is 13.3 Å². The number of rotatable bonds is 9. The van der Waals surface area contributed by atoms with E-state index in [9.17, 15) is 9.59 Å². The summed E-state index contributed by atoms with van der Waals surface area (Å²) in [4.78, 5) is 27.2. The molecule has 2 heterocycles. The number of nitrogens with one attached hydrogen (secondary N) is 1. The van der Waals surface area contributed by atoms with E-state index in [1.807, 2.05) is 24.3 Å². The Bertz CT molecular complexity index is 620. The third-order valence-electron chi connectivity index (χ3n) is 5.27. The summed E-state index contributed by atoms with van der Waals surface area (Å²) in [5, 5.41) is 3.20. The standard InChI is InChI=1S/C20H32N2O5Si/c1-25-28(26-2,27-3)16-10-11-17(18-12-6-4-8-14-21-18)20(24)22-15-9-5-7-13-19(22)23/h4,6,8,12,14,17,21H,5,7,9-11,13,15-16H2,1-3H3. The predicted molar refractivity (Wildman–Crippen MR) is 109 cm³/mol. The highest BCUT2D eigenvalue weighted by Gasteiger charge is 2.38. The highest BCUT2D eigenvalue weighted by Crippen LogP contribution is 2.26. The van der Waals surface area contributed by atoms with Gasteiger partial charge in [-0.3, -0.25) is 14.5 Å². The smallest absolute Gasteiger partial charge is 0.377 e. The van der Waals surface area contributed by atoms with Gasteiger partial charge in [-0.15, -0.1) is 0 Å². The van der Waals surface area contributed by atoms with Gasteiger partial charge in [-0.05, 0) is 37.8 Å². The molecule has 1 N–H and O–H groups in total. The molecule has 1 atom stereocenters. The zero-order valence-corrected chi connectivity index (χ0v) is 18.1. The number of carbonyl (C=O) groups excluding carboxylic acids is 2. The lowest BCUT2D eigenvalue weighted by Crippen LogP contribution is -2.44. The first kappa shape index (κ1) is 22.5. The van der Waals surface area contributed by atoms with E-state index < -0.39 is 14.7 Å². The fourth-order valence-corrected chi connectivity index (χ4v) is 5.33. The fourth-order valence-electron chi connectivity index (χ4n) is 3.58. The van der Waals surface area contributed by atoms with Crippen molar-refractivity contribution in [1.29, 1.82) is 0 Å². The van der Waals surface area contributed by atoms with Gasteiger partial charge in [0.05, 0.1) is 5.92 Å². The Morgan fingerprint density at radius 2 is 1.89 bits per heavy atom. The first-order chi connectivity index (χ1) is 13.6. The summed E-state index contributed by atoms with van der Waals surface area (Å²) in [6.07, 6.45) is 13.8. The summed E-state index contributed by atoms with van der Waals surface area (Å²) in [5.74, 6) is -0.622. The van der Waals surface area contributed by atoms with Crippen LogP contribution in [0.15, 0.2) is 36.2 Å². The predicted octanol–water partition coefficient (Wildman–Crippen LogP) is 2.75. The Balaban J connectivity index is 2.16. The molecule has 1 fully saturated rings. The van der Waals surface area contributed by atoms with Gasteiger partial charge >= 0.3 is 8.80 Å². The molecule has 0 aliphatic carbocycles. The molecule has 0 bridgehead atoms. The molecule has 0 saturated carbocycles. The Kier molecular flexibility index (Phi) is 9.10. The molecule has 0 spiro atoms. The lowest BCUT2D eigenvalue weighted by molar-refractivity contribution is -0.146. The lowest BCUT2D eigenvalue weighted by Gasteiger charge is -2.28. The number of imide groups is 1. The third kappa shape index (κ3) is 5.87. The molecular formula is C20H32N2O5Si. The Hall–Kier alpha value is -1.74. The van der Waals surface area contributed by atoms with Gasteiger partial charge in [-0.2, -0.15) is 0 Å². The number of amides is 2. The molecule has 2 amide bonds. The zero-order chi connectivity index (χ0) is 20.4. The van der Waals surface area contributed by atoms with Crippen molar-refractivity contribution in [2.24, 2.45) is 5.92 Å². The molecule has 156 valence electrons. The van der Waals surface area contributed by atoms with E-state index in [1.165, 1.54) is 4.90 Å². The van der Waals surface area contributed by atoms with Crippen LogP contribution in [-0.4, -0.2) is 53.4 Å². The van der Waals surface area contributed by atoms with E-state index in [2.05, 4.69) is 5.32 Å². The van der Waals surface area contributed by atoms with E-state index in [1.54, 1.807) is 27.5 Å². The van der Waals surface area contributed by atoms with Crippen molar-refractivity contribution in [2.75, 3.05) is 27.9 Å². The summed E-state index contributed by atoms with van der Waals surface area (Å²) < 4.78 is 16.5. The maximum atomic E-state index is 13.3. The third-order valence-corrected chi connectivity index (χ3v) is 8.10. The fraction of sp³-hybridized carbons (Fsp3) is 0.600. The van der Waals surface area contributed by atoms with Crippen molar-refractivity contribution >= 4 is 20.6 Å². The van der Waals surface area contributed by atoms with Crippen LogP contribution in [0, 0.1) is 5.92 Å². The van der Waals surface area contributed by atoms with Crippen molar-refractivity contribution in [1.82, 2.24) is 10.2 Å². The summed E-state index contributed by atoms with van der Waals surface area (Å²) in [6, 6.07) is 0.604. The van der Waals surface area contributed by atoms with Crippen molar-refractivity contribution in [3.63, 3.8) is 0 Å². The van der Waals surface area contributed by atoms with E-state index in [0.29, 0.717) is 31.9 Å². The van der Waals surface area contributed by atoms with Gasteiger partial charge in [0.2, 0.25) is 11.8 Å². The van der Waals surface area contributed by atoms with E-state index >= 15 is 0 Å². The molecule has 0 radical (unpaired) electrons. The summed E-state index contributed by atoms with van der Waals surface area (Å²) in [6.45, 7) is 0.500. The molecule has 2 rings (SSSR count). The molecule has 7 nitrogen and oxygen atoms in total. The minimum absolute atomic E-state index is 0.0674. The second-order valence-corrected chi connectivity index (χ2v) is 10.0. The Morgan fingerprint density at radius 3 is 2.61 bits per heavy atom. The van der Waals surface area contributed by atoms with Crippen LogP contribution >= 0.6 is 0 Å².